The number of nitrogens with one attached hydrogen (secondary N) is 2. The van der Waals surface area contributed by atoms with Crippen molar-refractivity contribution in [2.24, 2.45) is 0 Å². The number of rotatable bonds is 9. The van der Waals surface area contributed by atoms with Crippen LogP contribution in [0.15, 0.2) is 75.2 Å². The molecule has 2 heterocycles. The first-order chi connectivity index (χ1) is 20.4. The number of sulfonamides is 1. The van der Waals surface area contributed by atoms with Crippen molar-refractivity contribution in [3.63, 3.8) is 0 Å². The zero-order valence-electron chi connectivity index (χ0n) is 22.6. The molecule has 1 aliphatic rings. The molecule has 3 N–H and O–H groups in total. The van der Waals surface area contributed by atoms with Crippen LogP contribution in [0, 0.1) is 0 Å². The largest absolute Gasteiger partial charge is 0.507 e. The molecule has 228 valence electrons. The number of fused-ring (bicyclic) bond motifs is 1. The first kappa shape index (κ1) is 31.2. The number of ether oxygens (including phenoxy) is 1. The lowest BCUT2D eigenvalue weighted by Gasteiger charge is -2.26. The highest BCUT2D eigenvalue weighted by molar-refractivity contribution is 7.99. The predicted molar refractivity (Wildman–Crippen MR) is 161 cm³/mol. The molecule has 0 atom stereocenters. The Morgan fingerprint density at radius 3 is 2.56 bits per heavy atom. The van der Waals surface area contributed by atoms with E-state index in [0.717, 1.165) is 36.9 Å². The Morgan fingerprint density at radius 1 is 1.09 bits per heavy atom. The highest BCUT2D eigenvalue weighted by Crippen LogP contribution is 2.43. The molecule has 0 bridgehead atoms. The summed E-state index contributed by atoms with van der Waals surface area (Å²) >= 11 is 7.13. The fourth-order valence-corrected chi connectivity index (χ4v) is 7.02. The molecular formula is C29H27ClF3N3O5S2. The average Bonchev–Trinajstić information content (AvgIpc) is 2.95. The van der Waals surface area contributed by atoms with Gasteiger partial charge in [0.25, 0.3) is 5.56 Å². The zero-order valence-corrected chi connectivity index (χ0v) is 25.0. The van der Waals surface area contributed by atoms with Gasteiger partial charge < -0.3 is 14.8 Å². The fraction of sp³-hybridized carbons (Fsp3) is 0.276. The van der Waals surface area contributed by atoms with Gasteiger partial charge in [0.2, 0.25) is 10.0 Å². The van der Waals surface area contributed by atoms with Crippen LogP contribution in [-0.4, -0.2) is 55.6 Å². The first-order valence-electron chi connectivity index (χ1n) is 13.2. The molecule has 0 unspecified atom stereocenters. The van der Waals surface area contributed by atoms with Gasteiger partial charge in [-0.15, -0.1) is 0 Å². The van der Waals surface area contributed by atoms with Crippen LogP contribution in [0.1, 0.15) is 18.4 Å². The van der Waals surface area contributed by atoms with Gasteiger partial charge in [0.1, 0.15) is 5.75 Å². The monoisotopic (exact) mass is 653 g/mol. The standard InChI is InChI=1S/C29H27ClF3N3O5S2/c30-19-4-10-25(37)23(16-19)26-22-15-18(29(31,32)33)3-9-24(22)34-28(38)27(26)42-21-7-5-20(6-8-21)35-43(39,40)14-2-12-36-11-1-13-41-17-36/h3-10,15-16,35,37H,1-2,11-14,17H2,(H,34,38). The smallest absolute Gasteiger partial charge is 0.416 e. The number of alkyl halides is 3. The number of aromatic nitrogens is 1. The third kappa shape index (κ3) is 7.65. The molecule has 0 aliphatic carbocycles. The van der Waals surface area contributed by atoms with Gasteiger partial charge in [-0.25, -0.2) is 8.42 Å². The molecule has 43 heavy (non-hydrogen) atoms. The van der Waals surface area contributed by atoms with Gasteiger partial charge in [-0.05, 0) is 73.5 Å². The predicted octanol–water partition coefficient (Wildman–Crippen LogP) is 6.54. The maximum atomic E-state index is 13.6. The van der Waals surface area contributed by atoms with Crippen molar-refractivity contribution in [1.29, 1.82) is 0 Å². The zero-order chi connectivity index (χ0) is 30.8. The van der Waals surface area contributed by atoms with E-state index in [9.17, 15) is 31.5 Å². The number of halogens is 4. The minimum Gasteiger partial charge on any atom is -0.507 e. The van der Waals surface area contributed by atoms with Crippen molar-refractivity contribution < 1.29 is 31.4 Å². The summed E-state index contributed by atoms with van der Waals surface area (Å²) in [5.74, 6) is -0.341. The molecule has 1 aliphatic heterocycles. The van der Waals surface area contributed by atoms with E-state index in [0.29, 0.717) is 36.9 Å². The van der Waals surface area contributed by atoms with Crippen LogP contribution in [0.5, 0.6) is 5.75 Å². The number of nitrogens with zero attached hydrogens (tertiary/aromatic N) is 1. The Morgan fingerprint density at radius 2 is 1.86 bits per heavy atom. The van der Waals surface area contributed by atoms with E-state index < -0.39 is 27.3 Å². The molecule has 1 fully saturated rings. The number of aromatic hydroxyl groups is 1. The number of benzene rings is 3. The van der Waals surface area contributed by atoms with Crippen LogP contribution in [0.2, 0.25) is 5.02 Å². The fourth-order valence-electron chi connectivity index (χ4n) is 4.77. The lowest BCUT2D eigenvalue weighted by molar-refractivity contribution is -0.137. The summed E-state index contributed by atoms with van der Waals surface area (Å²) < 4.78 is 74.0. The Labute approximate surface area is 254 Å². The Hall–Kier alpha value is -3.23. The van der Waals surface area contributed by atoms with Gasteiger partial charge in [0.15, 0.2) is 0 Å². The number of H-pyrrole nitrogens is 1. The van der Waals surface area contributed by atoms with Crippen molar-refractivity contribution in [3.05, 3.63) is 81.6 Å². The minimum atomic E-state index is -4.64. The van der Waals surface area contributed by atoms with Gasteiger partial charge >= 0.3 is 6.18 Å². The highest BCUT2D eigenvalue weighted by atomic mass is 35.5. The van der Waals surface area contributed by atoms with Crippen molar-refractivity contribution >= 4 is 50.0 Å². The Balaban J connectivity index is 1.43. The molecule has 3 aromatic carbocycles. The van der Waals surface area contributed by atoms with Crippen LogP contribution >= 0.6 is 23.4 Å². The third-order valence-corrected chi connectivity index (χ3v) is 9.51. The lowest BCUT2D eigenvalue weighted by atomic mass is 9.98. The number of pyridine rings is 1. The van der Waals surface area contributed by atoms with Gasteiger partial charge in [-0.2, -0.15) is 13.2 Å². The van der Waals surface area contributed by atoms with Crippen molar-refractivity contribution in [2.45, 2.75) is 28.8 Å². The van der Waals surface area contributed by atoms with E-state index in [1.807, 2.05) is 0 Å². The number of phenolic OH excluding ortho intramolecular Hbond substituents is 1. The summed E-state index contributed by atoms with van der Waals surface area (Å²) in [5, 5.41) is 10.9. The average molecular weight is 654 g/mol. The maximum Gasteiger partial charge on any atom is 0.416 e. The van der Waals surface area contributed by atoms with Gasteiger partial charge in [-0.3, -0.25) is 14.4 Å². The van der Waals surface area contributed by atoms with E-state index >= 15 is 0 Å². The van der Waals surface area contributed by atoms with E-state index in [1.54, 1.807) is 12.1 Å². The number of aromatic amines is 1. The molecule has 0 spiro atoms. The van der Waals surface area contributed by atoms with E-state index in [4.69, 9.17) is 16.3 Å². The van der Waals surface area contributed by atoms with Crippen molar-refractivity contribution in [2.75, 3.05) is 36.9 Å². The summed E-state index contributed by atoms with van der Waals surface area (Å²) in [6.45, 7) is 2.68. The Bertz CT molecular complexity index is 1790. The first-order valence-corrected chi connectivity index (χ1v) is 16.1. The second kappa shape index (κ2) is 12.8. The second-order valence-corrected chi connectivity index (χ2v) is 13.3. The van der Waals surface area contributed by atoms with Crippen LogP contribution in [0.25, 0.3) is 22.0 Å². The van der Waals surface area contributed by atoms with Crippen LogP contribution in [0.4, 0.5) is 18.9 Å². The van der Waals surface area contributed by atoms with Crippen molar-refractivity contribution in [1.82, 2.24) is 9.88 Å². The number of hydrogen-bond acceptors (Lipinski definition) is 7. The summed E-state index contributed by atoms with van der Waals surface area (Å²) in [4.78, 5) is 18.5. The molecule has 0 radical (unpaired) electrons. The number of anilines is 1. The van der Waals surface area contributed by atoms with Gasteiger partial charge in [0.05, 0.1) is 22.9 Å². The SMILES string of the molecule is O=c1[nH]c2ccc(C(F)(F)F)cc2c(-c2cc(Cl)ccc2O)c1Sc1ccc(NS(=O)(=O)CCCN2CCCOC2)cc1. The molecule has 4 aromatic rings. The topological polar surface area (TPSA) is 112 Å². The van der Waals surface area contributed by atoms with Gasteiger partial charge in [0, 0.05) is 57.3 Å². The molecule has 1 saturated heterocycles. The summed E-state index contributed by atoms with van der Waals surface area (Å²) in [7, 11) is -3.62. The normalized spacial score (nSPS) is 14.7. The van der Waals surface area contributed by atoms with Crippen LogP contribution in [-0.2, 0) is 20.9 Å². The maximum absolute atomic E-state index is 13.6. The molecule has 1 aromatic heterocycles. The quantitative estimate of drug-likeness (QED) is 0.188. The second-order valence-electron chi connectivity index (χ2n) is 9.99. The number of phenols is 1. The molecule has 14 heteroatoms. The van der Waals surface area contributed by atoms with E-state index in [-0.39, 0.29) is 43.5 Å². The lowest BCUT2D eigenvalue weighted by Crippen LogP contribution is -2.34. The summed E-state index contributed by atoms with van der Waals surface area (Å²) in [6.07, 6.45) is -3.29. The molecule has 5 rings (SSSR count). The van der Waals surface area contributed by atoms with Crippen LogP contribution < -0.4 is 10.3 Å². The molecule has 0 saturated carbocycles. The van der Waals surface area contributed by atoms with Gasteiger partial charge in [-0.1, -0.05) is 23.4 Å². The van der Waals surface area contributed by atoms with Crippen molar-refractivity contribution in [3.8, 4) is 16.9 Å². The summed E-state index contributed by atoms with van der Waals surface area (Å²) in [5.41, 5.74) is -0.873. The molecule has 8 nitrogen and oxygen atoms in total. The molecular weight excluding hydrogens is 627 g/mol. The summed E-state index contributed by atoms with van der Waals surface area (Å²) in [6, 6.07) is 13.3. The van der Waals surface area contributed by atoms with Crippen LogP contribution in [0.3, 0.4) is 0 Å². The van der Waals surface area contributed by atoms with E-state index in [2.05, 4.69) is 14.6 Å². The molecule has 0 amide bonds. The van der Waals surface area contributed by atoms with E-state index in [1.165, 1.54) is 36.4 Å². The highest BCUT2D eigenvalue weighted by Gasteiger charge is 2.31. The number of hydrogen-bond donors (Lipinski definition) is 3. The Kier molecular flexibility index (Phi) is 9.28. The third-order valence-electron chi connectivity index (χ3n) is 6.80. The minimum absolute atomic E-state index is 0.0272.